The molecule has 18 nitrogen and oxygen atoms in total. The molecule has 0 spiro atoms. The van der Waals surface area contributed by atoms with Crippen LogP contribution in [0.15, 0.2) is 233 Å². The lowest BCUT2D eigenvalue weighted by molar-refractivity contribution is 0.852. The van der Waals surface area contributed by atoms with E-state index in [2.05, 4.69) is 326 Å². The van der Waals surface area contributed by atoms with Crippen LogP contribution in [0.2, 0.25) is 0 Å². The number of allylic oxidation sites excluding steroid dienone is 3. The molecule has 1 atom stereocenters. The Hall–Kier alpha value is -15.4. The van der Waals surface area contributed by atoms with Gasteiger partial charge < -0.3 is 45.2 Å². The highest BCUT2D eigenvalue weighted by molar-refractivity contribution is 6.20. The highest BCUT2D eigenvalue weighted by Crippen LogP contribution is 2.41. The number of azo groups is 1. The summed E-state index contributed by atoms with van der Waals surface area (Å²) in [6.07, 6.45) is 37.6. The van der Waals surface area contributed by atoms with E-state index in [0.717, 1.165) is 224 Å². The number of aromatic nitrogens is 14. The summed E-state index contributed by atoms with van der Waals surface area (Å²) in [6.45, 7) is 4.26. The Labute approximate surface area is 638 Å². The van der Waals surface area contributed by atoms with Crippen LogP contribution in [0.4, 0.5) is 11.4 Å². The molecule has 2 aromatic carbocycles. The molecule has 32 bridgehead atoms. The van der Waals surface area contributed by atoms with Crippen molar-refractivity contribution in [1.82, 2.24) is 75.1 Å². The average Bonchev–Trinajstić information content (AvgIpc) is 1.62. The summed E-state index contributed by atoms with van der Waals surface area (Å²) < 4.78 is 0. The molecule has 1 unspecified atom stereocenters. The molecular formula is C94H64N18. The van der Waals surface area contributed by atoms with Crippen molar-refractivity contribution in [1.29, 1.82) is 0 Å². The molecule has 0 fully saturated rings. The van der Waals surface area contributed by atoms with Gasteiger partial charge in [0.2, 0.25) is 0 Å². The quantitative estimate of drug-likeness (QED) is 0.0727. The normalized spacial score (nSPS) is 16.9. The molecule has 9 aliphatic heterocycles. The summed E-state index contributed by atoms with van der Waals surface area (Å²) in [5.74, 6) is 0. The smallest absolute Gasteiger partial charge is 0.0857 e. The van der Waals surface area contributed by atoms with Crippen LogP contribution in [0.1, 0.15) is 97.8 Å². The summed E-state index contributed by atoms with van der Waals surface area (Å²) in [5, 5.41) is 15.3. The molecular weight excluding hydrogens is 1380 g/mol. The zero-order chi connectivity index (χ0) is 74.1. The first-order valence-corrected chi connectivity index (χ1v) is 37.2. The highest BCUT2D eigenvalue weighted by Gasteiger charge is 2.25. The molecule has 11 aromatic heterocycles. The first kappa shape index (κ1) is 63.8. The fraction of sp³-hybridized carbons (Fsp3) is 0.0319. The Morgan fingerprint density at radius 3 is 1.21 bits per heavy atom. The molecule has 13 aromatic rings. The molecule has 530 valence electrons. The fourth-order valence-electron chi connectivity index (χ4n) is 15.9. The first-order chi connectivity index (χ1) is 55.1. The van der Waals surface area contributed by atoms with Crippen molar-refractivity contribution in [2.24, 2.45) is 15.2 Å². The molecule has 9 aliphatic rings. The number of fused-ring (bicyclic) bond motifs is 31. The lowest BCUT2D eigenvalue weighted by Crippen LogP contribution is -2.27. The van der Waals surface area contributed by atoms with E-state index in [0.29, 0.717) is 11.4 Å². The third kappa shape index (κ3) is 11.7. The van der Waals surface area contributed by atoms with Crippen molar-refractivity contribution < 1.29 is 0 Å². The Balaban J connectivity index is 0.582. The number of aryl methyl sites for hydroxylation is 1. The molecule has 20 heterocycles. The van der Waals surface area contributed by atoms with Crippen LogP contribution >= 0.6 is 0 Å². The minimum Gasteiger partial charge on any atom is -0.375 e. The van der Waals surface area contributed by atoms with E-state index >= 15 is 0 Å². The van der Waals surface area contributed by atoms with Crippen molar-refractivity contribution in [2.45, 2.75) is 19.9 Å². The van der Waals surface area contributed by atoms with Gasteiger partial charge in [-0.1, -0.05) is 30.3 Å². The SMILES string of the molecule is C/C1=c2\cc/c([nH]2)=C/C2=NC(=C(/c3c4nc(cc5ccc([nH]5)c(-c5ccc(/N=N/c6ccc(-c7c8nc(cc9ccc([nH]9)c(-c9c%10nc(cc%11ccc([nH]%11)c(C)c%11nc(cc%12ccc9[nH]%12)C=C%11)C=C%10)c9nc(cc%10ccc7[nH]%10)C=C9)C=C8)cc6)cc5)c5nc(cc6ccc3[nH]6)C=C5)C=C4)c3ccc([nH]3)/C=C3/C=CC1N3)/C=C2. The number of nitrogens with zero attached hydrogens (tertiary/aromatic N) is 9. The predicted molar refractivity (Wildman–Crippen MR) is 456 cm³/mol. The van der Waals surface area contributed by atoms with Gasteiger partial charge in [0.25, 0.3) is 0 Å². The van der Waals surface area contributed by atoms with Crippen LogP contribution in [0, 0.1) is 6.92 Å². The van der Waals surface area contributed by atoms with E-state index in [-0.39, 0.29) is 6.04 Å². The van der Waals surface area contributed by atoms with E-state index < -0.39 is 0 Å². The van der Waals surface area contributed by atoms with E-state index in [1.165, 1.54) is 5.57 Å². The number of hydrogen-bond acceptors (Lipinski definition) is 10. The van der Waals surface area contributed by atoms with Gasteiger partial charge in [0, 0.05) is 127 Å². The van der Waals surface area contributed by atoms with E-state index in [1.807, 2.05) is 24.3 Å². The van der Waals surface area contributed by atoms with Crippen LogP contribution < -0.4 is 16.0 Å². The lowest BCUT2D eigenvalue weighted by atomic mass is 9.98. The van der Waals surface area contributed by atoms with E-state index in [4.69, 9.17) is 45.1 Å². The number of aliphatic imine (C=N–C) groups is 1. The van der Waals surface area contributed by atoms with Crippen LogP contribution in [-0.2, 0) is 0 Å². The number of H-pyrrole nitrogens is 8. The van der Waals surface area contributed by atoms with Crippen LogP contribution in [0.3, 0.4) is 0 Å². The van der Waals surface area contributed by atoms with E-state index in [9.17, 15) is 0 Å². The first-order valence-electron chi connectivity index (χ1n) is 37.2. The zero-order valence-electron chi connectivity index (χ0n) is 60.3. The van der Waals surface area contributed by atoms with Gasteiger partial charge in [-0.05, 0) is 297 Å². The topological polar surface area (TPSA) is 253 Å². The van der Waals surface area contributed by atoms with Gasteiger partial charge in [-0.3, -0.25) is 0 Å². The maximum absolute atomic E-state index is 5.37. The maximum Gasteiger partial charge on any atom is 0.0857 e. The van der Waals surface area contributed by atoms with E-state index in [1.54, 1.807) is 0 Å². The summed E-state index contributed by atoms with van der Waals surface area (Å²) in [6, 6.07) is 62.5. The Bertz CT molecular complexity index is 7420. The average molecular weight is 1450 g/mol. The molecule has 18 heteroatoms. The van der Waals surface area contributed by atoms with Gasteiger partial charge >= 0.3 is 0 Å². The van der Waals surface area contributed by atoms with Crippen LogP contribution in [0.5, 0.6) is 0 Å². The van der Waals surface area contributed by atoms with Crippen molar-refractivity contribution >= 4 is 179 Å². The number of hydrogen-bond donors (Lipinski definition) is 9. The zero-order valence-corrected chi connectivity index (χ0v) is 60.3. The second-order valence-electron chi connectivity index (χ2n) is 28.8. The second kappa shape index (κ2) is 25.6. The van der Waals surface area contributed by atoms with Gasteiger partial charge in [0.1, 0.15) is 0 Å². The second-order valence-corrected chi connectivity index (χ2v) is 28.8. The largest absolute Gasteiger partial charge is 0.375 e. The Kier molecular flexibility index (Phi) is 14.6. The van der Waals surface area contributed by atoms with Crippen LogP contribution in [-0.4, -0.2) is 81.5 Å². The third-order valence-corrected chi connectivity index (χ3v) is 21.4. The number of aromatic amines is 8. The van der Waals surface area contributed by atoms with Crippen molar-refractivity contribution in [3.05, 3.63) is 319 Å². The minimum absolute atomic E-state index is 0.0658. The van der Waals surface area contributed by atoms with Crippen molar-refractivity contribution in [3.8, 4) is 33.4 Å². The summed E-state index contributed by atoms with van der Waals surface area (Å²) >= 11 is 0. The lowest BCUT2D eigenvalue weighted by Gasteiger charge is -2.12. The number of nitrogens with one attached hydrogen (secondary N) is 9. The van der Waals surface area contributed by atoms with Gasteiger partial charge in [0.05, 0.1) is 97.2 Å². The summed E-state index contributed by atoms with van der Waals surface area (Å²) in [5.41, 5.74) is 36.3. The minimum atomic E-state index is 0.0658. The molecule has 22 rings (SSSR count). The molecule has 0 saturated heterocycles. The standard InChI is InChI=1S/C94H64N18/c1-51-73-27-11-57(95-73)43-65-19-35-81(103-65)91(82-36-20-66(104-82)44-58-12-28-74(51)96-58)93-85-39-23-69(107-85)47-61-15-31-77(99-61)89(78-32-16-62(100-78)48-70-24-40-86(93)108-70)53-3-7-55(8-4-53)111-112-56-9-5-54(6-10-56)90-79-33-17-63(101-79)49-71-25-41-87(109-71)94(88-42-26-72(110-88)50-64-18-34-80(90)102-64)92-83-37-21-67(105-83)45-59-13-29-75(97-59)52(2)76-30-14-60(98-76)46-68-22-38-84(92)106-68/h3-50,73,95-97,99,101,103,106,108,110H,1-2H3/b57-43-,58-44-,59-45?,60-46?,61-47?,62-48?,63-49?,64-50?,67-45?,68-46?,69-47?,70-48?,71-49?,72-50?,74-51-,75-52?,76-52?,89-77?,89-78?,90-79?,90-80?,91-82+,92-83?,92-84?,93-85?,93-86?,94-87?,94-88?,112-111+. The third-order valence-electron chi connectivity index (χ3n) is 21.4. The maximum atomic E-state index is 5.37. The number of rotatable bonds is 6. The van der Waals surface area contributed by atoms with Crippen molar-refractivity contribution in [3.63, 3.8) is 0 Å². The summed E-state index contributed by atoms with van der Waals surface area (Å²) in [4.78, 5) is 66.6. The van der Waals surface area contributed by atoms with Gasteiger partial charge in [-0.15, -0.1) is 0 Å². The molecule has 0 radical (unpaired) electrons. The molecule has 0 amide bonds. The van der Waals surface area contributed by atoms with Gasteiger partial charge in [0.15, 0.2) is 0 Å². The number of benzene rings is 2. The Morgan fingerprint density at radius 1 is 0.321 bits per heavy atom. The molecule has 9 N–H and O–H groups in total. The molecule has 112 heavy (non-hydrogen) atoms. The van der Waals surface area contributed by atoms with Gasteiger partial charge in [-0.25, -0.2) is 34.9 Å². The van der Waals surface area contributed by atoms with Gasteiger partial charge in [-0.2, -0.15) is 10.2 Å². The highest BCUT2D eigenvalue weighted by atomic mass is 15.1. The van der Waals surface area contributed by atoms with Crippen LogP contribution in [0.25, 0.3) is 196 Å². The van der Waals surface area contributed by atoms with Crippen molar-refractivity contribution in [2.75, 3.05) is 0 Å². The molecule has 0 aliphatic carbocycles. The molecule has 0 saturated carbocycles. The monoisotopic (exact) mass is 1440 g/mol. The summed E-state index contributed by atoms with van der Waals surface area (Å²) in [7, 11) is 0. The Morgan fingerprint density at radius 2 is 0.732 bits per heavy atom. The fourth-order valence-corrected chi connectivity index (χ4v) is 15.9. The predicted octanol–water partition coefficient (Wildman–Crippen LogP) is 20.3.